The van der Waals surface area contributed by atoms with E-state index in [-0.39, 0.29) is 6.10 Å². The Morgan fingerprint density at radius 1 is 1.21 bits per heavy atom. The van der Waals surface area contributed by atoms with Crippen LogP contribution in [0.2, 0.25) is 0 Å². The zero-order chi connectivity index (χ0) is 16.2. The van der Waals surface area contributed by atoms with Crippen molar-refractivity contribution in [1.82, 2.24) is 19.7 Å². The number of hydrogen-bond acceptors (Lipinski definition) is 5. The van der Waals surface area contributed by atoms with E-state index in [0.717, 1.165) is 48.6 Å². The first-order valence-electron chi connectivity index (χ1n) is 8.15. The quantitative estimate of drug-likeness (QED) is 0.781. The molecule has 1 N–H and O–H groups in total. The molecule has 0 saturated carbocycles. The van der Waals surface area contributed by atoms with Crippen LogP contribution < -0.4 is 5.32 Å². The molecule has 6 nitrogen and oxygen atoms in total. The molecule has 0 bridgehead atoms. The molecule has 24 heavy (non-hydrogen) atoms. The van der Waals surface area contributed by atoms with Gasteiger partial charge in [-0.15, -0.1) is 0 Å². The second kappa shape index (κ2) is 6.80. The van der Waals surface area contributed by atoms with Crippen LogP contribution in [0.4, 0.5) is 11.5 Å². The molecule has 1 aliphatic rings. The van der Waals surface area contributed by atoms with Crippen molar-refractivity contribution in [2.45, 2.75) is 25.5 Å². The Kier molecular flexibility index (Phi) is 4.20. The van der Waals surface area contributed by atoms with Crippen LogP contribution in [0.1, 0.15) is 12.8 Å². The van der Waals surface area contributed by atoms with Gasteiger partial charge >= 0.3 is 0 Å². The number of nitrogens with zero attached hydrogens (tertiary/aromatic N) is 4. The Balaban J connectivity index is 1.52. The Bertz CT molecular complexity index is 796. The third-order valence-corrected chi connectivity index (χ3v) is 4.11. The van der Waals surface area contributed by atoms with Gasteiger partial charge in [-0.1, -0.05) is 30.3 Å². The Labute approximate surface area is 140 Å². The van der Waals surface area contributed by atoms with Crippen molar-refractivity contribution in [1.29, 1.82) is 0 Å². The fraction of sp³-hybridized carbons (Fsp3) is 0.278. The minimum Gasteiger partial charge on any atom is -0.376 e. The maximum absolute atomic E-state index is 5.66. The topological polar surface area (TPSA) is 64.9 Å². The van der Waals surface area contributed by atoms with Gasteiger partial charge in [-0.2, -0.15) is 5.10 Å². The van der Waals surface area contributed by atoms with Crippen LogP contribution in [0.5, 0.6) is 0 Å². The SMILES string of the molecule is c1ccc(-c2cncnc2Nc2cnn(CC3CCCO3)c2)cc1. The minimum atomic E-state index is 0.275. The van der Waals surface area contributed by atoms with Crippen LogP contribution in [0.3, 0.4) is 0 Å². The molecule has 3 heterocycles. The fourth-order valence-electron chi connectivity index (χ4n) is 2.92. The third kappa shape index (κ3) is 3.28. The molecule has 1 aromatic carbocycles. The molecule has 0 spiro atoms. The first-order valence-corrected chi connectivity index (χ1v) is 8.15. The molecule has 1 atom stereocenters. The number of anilines is 2. The summed E-state index contributed by atoms with van der Waals surface area (Å²) in [6, 6.07) is 10.1. The van der Waals surface area contributed by atoms with Gasteiger partial charge in [-0.05, 0) is 18.4 Å². The van der Waals surface area contributed by atoms with Crippen molar-refractivity contribution in [3.05, 3.63) is 55.2 Å². The Hall–Kier alpha value is -2.73. The van der Waals surface area contributed by atoms with Crippen LogP contribution in [0.15, 0.2) is 55.2 Å². The van der Waals surface area contributed by atoms with Crippen molar-refractivity contribution in [2.24, 2.45) is 0 Å². The molecule has 1 saturated heterocycles. The van der Waals surface area contributed by atoms with E-state index >= 15 is 0 Å². The normalized spacial score (nSPS) is 17.1. The van der Waals surface area contributed by atoms with E-state index < -0.39 is 0 Å². The van der Waals surface area contributed by atoms with Crippen LogP contribution in [0, 0.1) is 0 Å². The van der Waals surface area contributed by atoms with Crippen molar-refractivity contribution in [3.63, 3.8) is 0 Å². The third-order valence-electron chi connectivity index (χ3n) is 4.11. The fourth-order valence-corrected chi connectivity index (χ4v) is 2.92. The van der Waals surface area contributed by atoms with E-state index in [1.807, 2.05) is 53.6 Å². The van der Waals surface area contributed by atoms with Gasteiger partial charge in [0.1, 0.15) is 12.1 Å². The molecule has 122 valence electrons. The van der Waals surface area contributed by atoms with Crippen molar-refractivity contribution < 1.29 is 4.74 Å². The predicted molar refractivity (Wildman–Crippen MR) is 92.0 cm³/mol. The van der Waals surface area contributed by atoms with Crippen LogP contribution in [0.25, 0.3) is 11.1 Å². The van der Waals surface area contributed by atoms with E-state index in [0.29, 0.717) is 0 Å². The van der Waals surface area contributed by atoms with E-state index in [1.165, 1.54) is 0 Å². The summed E-state index contributed by atoms with van der Waals surface area (Å²) in [6.07, 6.45) is 9.68. The molecule has 0 radical (unpaired) electrons. The van der Waals surface area contributed by atoms with Gasteiger partial charge in [-0.25, -0.2) is 9.97 Å². The van der Waals surface area contributed by atoms with Crippen LogP contribution >= 0.6 is 0 Å². The largest absolute Gasteiger partial charge is 0.376 e. The van der Waals surface area contributed by atoms with Crippen molar-refractivity contribution in [2.75, 3.05) is 11.9 Å². The molecule has 0 amide bonds. The lowest BCUT2D eigenvalue weighted by Gasteiger charge is -2.09. The highest BCUT2D eigenvalue weighted by molar-refractivity contribution is 5.77. The van der Waals surface area contributed by atoms with Crippen LogP contribution in [-0.4, -0.2) is 32.5 Å². The molecule has 3 aromatic rings. The molecule has 2 aromatic heterocycles. The van der Waals surface area contributed by atoms with Gasteiger partial charge in [0.05, 0.1) is 24.5 Å². The number of benzene rings is 1. The van der Waals surface area contributed by atoms with E-state index in [4.69, 9.17) is 4.74 Å². The van der Waals surface area contributed by atoms with E-state index in [2.05, 4.69) is 20.4 Å². The molecule has 0 aliphatic carbocycles. The summed E-state index contributed by atoms with van der Waals surface area (Å²) in [5, 5.41) is 7.75. The first kappa shape index (κ1) is 14.8. The summed E-state index contributed by atoms with van der Waals surface area (Å²) in [6.45, 7) is 1.65. The van der Waals surface area contributed by atoms with Gasteiger partial charge in [-0.3, -0.25) is 4.68 Å². The summed E-state index contributed by atoms with van der Waals surface area (Å²) in [7, 11) is 0. The average Bonchev–Trinajstić information content (AvgIpc) is 3.29. The lowest BCUT2D eigenvalue weighted by atomic mass is 10.1. The highest BCUT2D eigenvalue weighted by atomic mass is 16.5. The highest BCUT2D eigenvalue weighted by Crippen LogP contribution is 2.27. The smallest absolute Gasteiger partial charge is 0.141 e. The van der Waals surface area contributed by atoms with Crippen molar-refractivity contribution >= 4 is 11.5 Å². The molecular weight excluding hydrogens is 302 g/mol. The monoisotopic (exact) mass is 321 g/mol. The molecule has 1 fully saturated rings. The van der Waals surface area contributed by atoms with Crippen LogP contribution in [-0.2, 0) is 11.3 Å². The maximum atomic E-state index is 5.66. The van der Waals surface area contributed by atoms with Crippen molar-refractivity contribution in [3.8, 4) is 11.1 Å². The highest BCUT2D eigenvalue weighted by Gasteiger charge is 2.16. The molecule has 1 aliphatic heterocycles. The number of ether oxygens (including phenoxy) is 1. The van der Waals surface area contributed by atoms with E-state index in [1.54, 1.807) is 6.33 Å². The van der Waals surface area contributed by atoms with E-state index in [9.17, 15) is 0 Å². The predicted octanol–water partition coefficient (Wildman–Crippen LogP) is 3.26. The van der Waals surface area contributed by atoms with Gasteiger partial charge in [0, 0.05) is 24.6 Å². The average molecular weight is 321 g/mol. The summed E-state index contributed by atoms with van der Waals surface area (Å²) in [4.78, 5) is 8.53. The first-order chi connectivity index (χ1) is 11.9. The molecule has 4 rings (SSSR count). The minimum absolute atomic E-state index is 0.275. The number of rotatable bonds is 5. The summed E-state index contributed by atoms with van der Waals surface area (Å²) in [5.41, 5.74) is 2.95. The number of aromatic nitrogens is 4. The Morgan fingerprint density at radius 3 is 2.96 bits per heavy atom. The van der Waals surface area contributed by atoms with Gasteiger partial charge in [0.2, 0.25) is 0 Å². The lowest BCUT2D eigenvalue weighted by Crippen LogP contribution is -2.15. The number of hydrogen-bond donors (Lipinski definition) is 1. The zero-order valence-corrected chi connectivity index (χ0v) is 13.3. The Morgan fingerprint density at radius 2 is 2.12 bits per heavy atom. The van der Waals surface area contributed by atoms with Gasteiger partial charge < -0.3 is 10.1 Å². The summed E-state index contributed by atoms with van der Waals surface area (Å²) in [5.74, 6) is 0.771. The molecule has 1 unspecified atom stereocenters. The van der Waals surface area contributed by atoms with Gasteiger partial charge in [0.15, 0.2) is 0 Å². The molecular formula is C18H19N5O. The second-order valence-electron chi connectivity index (χ2n) is 5.86. The second-order valence-corrected chi connectivity index (χ2v) is 5.86. The molecule has 6 heteroatoms. The maximum Gasteiger partial charge on any atom is 0.141 e. The van der Waals surface area contributed by atoms with Gasteiger partial charge in [0.25, 0.3) is 0 Å². The number of nitrogens with one attached hydrogen (secondary N) is 1. The zero-order valence-electron chi connectivity index (χ0n) is 13.3. The lowest BCUT2D eigenvalue weighted by molar-refractivity contribution is 0.0940. The summed E-state index contributed by atoms with van der Waals surface area (Å²) < 4.78 is 7.58. The summed E-state index contributed by atoms with van der Waals surface area (Å²) >= 11 is 0. The standard InChI is InChI=1S/C18H19N5O/c1-2-5-14(6-3-1)17-10-19-13-20-18(17)22-15-9-21-23(11-15)12-16-7-4-8-24-16/h1-3,5-6,9-11,13,16H,4,7-8,12H2,(H,19,20,22).